The van der Waals surface area contributed by atoms with Crippen molar-refractivity contribution in [2.24, 2.45) is 0 Å². The van der Waals surface area contributed by atoms with E-state index in [0.717, 1.165) is 12.1 Å². The van der Waals surface area contributed by atoms with Crippen LogP contribution < -0.4 is 5.32 Å². The lowest BCUT2D eigenvalue weighted by molar-refractivity contribution is 0.496. The van der Waals surface area contributed by atoms with Crippen LogP contribution in [0.1, 0.15) is 6.92 Å². The zero-order valence-electron chi connectivity index (χ0n) is 8.11. The van der Waals surface area contributed by atoms with Crippen LogP contribution >= 0.6 is 0 Å². The molecule has 0 fully saturated rings. The minimum Gasteiger partial charge on any atom is -0.316 e. The Morgan fingerprint density at radius 1 is 1.57 bits per heavy atom. The molecule has 0 aliphatic carbocycles. The average Bonchev–Trinajstić information content (AvgIpc) is 2.02. The Kier molecular flexibility index (Phi) is 5.88. The highest BCUT2D eigenvalue weighted by Gasteiger charge is 1.91. The lowest BCUT2D eigenvalue weighted by atomic mass is 10.2. The van der Waals surface area contributed by atoms with E-state index in [-0.39, 0.29) is 0 Å². The van der Waals surface area contributed by atoms with E-state index in [9.17, 15) is 8.42 Å². The fraction of sp³-hybridized carbons (Fsp3) is 0.333. The zero-order chi connectivity index (χ0) is 11.0. The van der Waals surface area contributed by atoms with E-state index in [4.69, 9.17) is 4.55 Å². The Morgan fingerprint density at radius 2 is 2.21 bits per heavy atom. The SMILES string of the molecule is CNC/C=C\C(C)=C/C#CS(=O)(=O)O. The normalized spacial score (nSPS) is 12.6. The molecule has 0 aromatic rings. The van der Waals surface area contributed by atoms with Crippen LogP contribution in [0.3, 0.4) is 0 Å². The van der Waals surface area contributed by atoms with Crippen molar-refractivity contribution in [1.82, 2.24) is 5.32 Å². The first kappa shape index (κ1) is 12.9. The molecule has 0 heterocycles. The minimum absolute atomic E-state index is 0.733. The van der Waals surface area contributed by atoms with Gasteiger partial charge in [0.2, 0.25) is 0 Å². The largest absolute Gasteiger partial charge is 0.335 e. The molecule has 78 valence electrons. The molecule has 2 N–H and O–H groups in total. The molecule has 0 aromatic heterocycles. The molecule has 0 bridgehead atoms. The highest BCUT2D eigenvalue weighted by atomic mass is 32.2. The molecule has 5 heteroatoms. The first-order valence-corrected chi connectivity index (χ1v) is 5.37. The van der Waals surface area contributed by atoms with Crippen molar-refractivity contribution in [2.75, 3.05) is 13.6 Å². The van der Waals surface area contributed by atoms with Gasteiger partial charge in [0.25, 0.3) is 0 Å². The summed E-state index contributed by atoms with van der Waals surface area (Å²) in [5.74, 6) is 2.23. The van der Waals surface area contributed by atoms with E-state index < -0.39 is 10.1 Å². The first-order chi connectivity index (χ1) is 6.45. The Morgan fingerprint density at radius 3 is 2.71 bits per heavy atom. The maximum atomic E-state index is 10.2. The van der Waals surface area contributed by atoms with Gasteiger partial charge in [-0.2, -0.15) is 8.42 Å². The Hall–Kier alpha value is -1.09. The summed E-state index contributed by atoms with van der Waals surface area (Å²) in [6, 6.07) is 0. The molecular formula is C9H13NO3S. The smallest absolute Gasteiger partial charge is 0.316 e. The lowest BCUT2D eigenvalue weighted by Gasteiger charge is -1.88. The topological polar surface area (TPSA) is 66.4 Å². The standard InChI is InChI=1S/C9H13NO3S/c1-9(5-3-7-10-2)6-4-8-14(11,12)13/h3,5-6,10H,7H2,1-2H3,(H,11,12,13)/b5-3-,9-6-. The van der Waals surface area contributed by atoms with Crippen LogP contribution in [0.2, 0.25) is 0 Å². The fourth-order valence-electron chi connectivity index (χ4n) is 0.629. The van der Waals surface area contributed by atoms with Crippen LogP contribution in [-0.4, -0.2) is 26.6 Å². The van der Waals surface area contributed by atoms with Crippen molar-refractivity contribution in [3.8, 4) is 11.2 Å². The van der Waals surface area contributed by atoms with Crippen LogP contribution in [0.5, 0.6) is 0 Å². The summed E-state index contributed by atoms with van der Waals surface area (Å²) in [4.78, 5) is 0. The molecule has 0 aromatic carbocycles. The van der Waals surface area contributed by atoms with Gasteiger partial charge in [-0.1, -0.05) is 18.1 Å². The molecular weight excluding hydrogens is 202 g/mol. The van der Waals surface area contributed by atoms with E-state index >= 15 is 0 Å². The molecule has 4 nitrogen and oxygen atoms in total. The van der Waals surface area contributed by atoms with Gasteiger partial charge >= 0.3 is 10.1 Å². The third-order valence-corrected chi connectivity index (χ3v) is 1.57. The Labute approximate surface area is 84.5 Å². The molecule has 0 saturated heterocycles. The fourth-order valence-corrected chi connectivity index (χ4v) is 0.836. The van der Waals surface area contributed by atoms with Crippen LogP contribution in [-0.2, 0) is 10.1 Å². The van der Waals surface area contributed by atoms with Crippen molar-refractivity contribution >= 4 is 10.1 Å². The number of rotatable bonds is 3. The summed E-state index contributed by atoms with van der Waals surface area (Å²) in [5, 5.41) is 4.61. The van der Waals surface area contributed by atoms with Crippen LogP contribution in [0.15, 0.2) is 23.8 Å². The van der Waals surface area contributed by atoms with Gasteiger partial charge in [0.15, 0.2) is 0 Å². The summed E-state index contributed by atoms with van der Waals surface area (Å²) in [5.41, 5.74) is 0.816. The molecule has 0 radical (unpaired) electrons. The predicted molar refractivity (Wildman–Crippen MR) is 56.1 cm³/mol. The molecule has 0 saturated carbocycles. The monoisotopic (exact) mass is 215 g/mol. The highest BCUT2D eigenvalue weighted by molar-refractivity contribution is 7.90. The highest BCUT2D eigenvalue weighted by Crippen LogP contribution is 1.92. The second kappa shape index (κ2) is 6.38. The number of hydrogen-bond donors (Lipinski definition) is 2. The van der Waals surface area contributed by atoms with Crippen molar-refractivity contribution in [1.29, 1.82) is 0 Å². The van der Waals surface area contributed by atoms with E-state index in [0.29, 0.717) is 0 Å². The van der Waals surface area contributed by atoms with Gasteiger partial charge < -0.3 is 5.32 Å². The molecule has 0 amide bonds. The molecule has 0 aliphatic heterocycles. The average molecular weight is 215 g/mol. The Bertz CT molecular complexity index is 382. The van der Waals surface area contributed by atoms with Gasteiger partial charge in [-0.15, -0.1) is 0 Å². The Balaban J connectivity index is 4.31. The van der Waals surface area contributed by atoms with E-state index in [1.165, 1.54) is 6.08 Å². The van der Waals surface area contributed by atoms with Crippen molar-refractivity contribution in [3.05, 3.63) is 23.8 Å². The molecule has 0 aliphatic rings. The number of likely N-dealkylation sites (N-methyl/N-ethyl adjacent to an activating group) is 1. The van der Waals surface area contributed by atoms with Crippen molar-refractivity contribution in [3.63, 3.8) is 0 Å². The first-order valence-electron chi connectivity index (χ1n) is 3.93. The third-order valence-electron chi connectivity index (χ3n) is 1.19. The summed E-state index contributed by atoms with van der Waals surface area (Å²) in [6.07, 6.45) is 5.09. The van der Waals surface area contributed by atoms with Crippen LogP contribution in [0.4, 0.5) is 0 Å². The van der Waals surface area contributed by atoms with Crippen molar-refractivity contribution < 1.29 is 13.0 Å². The van der Waals surface area contributed by atoms with Gasteiger partial charge in [-0.3, -0.25) is 4.55 Å². The second-order valence-corrected chi connectivity index (χ2v) is 3.72. The number of allylic oxidation sites excluding steroid dienone is 3. The third kappa shape index (κ3) is 9.00. The van der Waals surface area contributed by atoms with Gasteiger partial charge in [0.05, 0.1) is 5.25 Å². The van der Waals surface area contributed by atoms with Crippen LogP contribution in [0.25, 0.3) is 0 Å². The van der Waals surface area contributed by atoms with Gasteiger partial charge in [0.1, 0.15) is 0 Å². The molecule has 0 spiro atoms. The number of hydrogen-bond acceptors (Lipinski definition) is 3. The summed E-state index contributed by atoms with van der Waals surface area (Å²) < 4.78 is 28.7. The maximum absolute atomic E-state index is 10.2. The van der Waals surface area contributed by atoms with Gasteiger partial charge in [0, 0.05) is 6.54 Å². The van der Waals surface area contributed by atoms with Crippen LogP contribution in [0, 0.1) is 11.2 Å². The quantitative estimate of drug-likeness (QED) is 0.410. The summed E-state index contributed by atoms with van der Waals surface area (Å²) >= 11 is 0. The minimum atomic E-state index is -4.19. The van der Waals surface area contributed by atoms with E-state index in [1.807, 2.05) is 13.1 Å². The zero-order valence-corrected chi connectivity index (χ0v) is 8.93. The molecule has 14 heavy (non-hydrogen) atoms. The lowest BCUT2D eigenvalue weighted by Crippen LogP contribution is -2.03. The van der Waals surface area contributed by atoms with Gasteiger partial charge in [-0.25, -0.2) is 0 Å². The van der Waals surface area contributed by atoms with Gasteiger partial charge in [-0.05, 0) is 25.6 Å². The summed E-state index contributed by atoms with van der Waals surface area (Å²) in [6.45, 7) is 2.52. The number of nitrogens with one attached hydrogen (secondary N) is 1. The van der Waals surface area contributed by atoms with E-state index in [2.05, 4.69) is 11.2 Å². The molecule has 0 atom stereocenters. The predicted octanol–water partition coefficient (Wildman–Crippen LogP) is 0.557. The second-order valence-electron chi connectivity index (χ2n) is 2.57. The molecule has 0 rings (SSSR count). The maximum Gasteiger partial charge on any atom is 0.335 e. The summed E-state index contributed by atoms with van der Waals surface area (Å²) in [7, 11) is -2.37. The van der Waals surface area contributed by atoms with Crippen molar-refractivity contribution in [2.45, 2.75) is 6.92 Å². The molecule has 0 unspecified atom stereocenters. The van der Waals surface area contributed by atoms with E-state index in [1.54, 1.807) is 18.3 Å².